The molecule has 0 amide bonds. The third-order valence-electron chi connectivity index (χ3n) is 2.65. The van der Waals surface area contributed by atoms with Crippen molar-refractivity contribution in [2.75, 3.05) is 25.4 Å². The number of nitrogens with two attached hydrogens (primary N) is 1. The summed E-state index contributed by atoms with van der Waals surface area (Å²) in [5, 5.41) is 0.785. The molecule has 1 aliphatic heterocycles. The van der Waals surface area contributed by atoms with E-state index in [0.717, 1.165) is 11.8 Å². The Morgan fingerprint density at radius 1 is 1.54 bits per heavy atom. The van der Waals surface area contributed by atoms with Crippen molar-refractivity contribution in [2.45, 2.75) is 32.1 Å². The van der Waals surface area contributed by atoms with Crippen LogP contribution in [0.5, 0.6) is 0 Å². The van der Waals surface area contributed by atoms with Crippen LogP contribution in [-0.2, 0) is 0 Å². The van der Waals surface area contributed by atoms with E-state index in [9.17, 15) is 0 Å². The second-order valence-corrected chi connectivity index (χ2v) is 5.90. The van der Waals surface area contributed by atoms with Gasteiger partial charge in [0.2, 0.25) is 0 Å². The van der Waals surface area contributed by atoms with Crippen molar-refractivity contribution < 1.29 is 0 Å². The van der Waals surface area contributed by atoms with Crippen LogP contribution in [0.4, 0.5) is 0 Å². The van der Waals surface area contributed by atoms with E-state index in [1.807, 2.05) is 0 Å². The van der Waals surface area contributed by atoms with Gasteiger partial charge < -0.3 is 5.73 Å². The maximum absolute atomic E-state index is 6.04. The Balaban J connectivity index is 2.27. The van der Waals surface area contributed by atoms with Gasteiger partial charge in [-0.15, -0.1) is 0 Å². The van der Waals surface area contributed by atoms with E-state index in [1.54, 1.807) is 0 Å². The summed E-state index contributed by atoms with van der Waals surface area (Å²) in [6, 6.07) is 0.343. The van der Waals surface area contributed by atoms with Gasteiger partial charge in [0.15, 0.2) is 0 Å². The monoisotopic (exact) mass is 202 g/mol. The van der Waals surface area contributed by atoms with Crippen LogP contribution in [0.25, 0.3) is 0 Å². The summed E-state index contributed by atoms with van der Waals surface area (Å²) in [5.74, 6) is 1.87. The summed E-state index contributed by atoms with van der Waals surface area (Å²) in [6.07, 6.45) is 0. The summed E-state index contributed by atoms with van der Waals surface area (Å²) in [7, 11) is 0. The second kappa shape index (κ2) is 5.23. The summed E-state index contributed by atoms with van der Waals surface area (Å²) < 4.78 is 0. The van der Waals surface area contributed by atoms with Crippen LogP contribution in [0.1, 0.15) is 20.8 Å². The van der Waals surface area contributed by atoms with Gasteiger partial charge >= 0.3 is 0 Å². The first-order chi connectivity index (χ1) is 6.09. The highest BCUT2D eigenvalue weighted by Crippen LogP contribution is 2.18. The van der Waals surface area contributed by atoms with E-state index >= 15 is 0 Å². The van der Waals surface area contributed by atoms with Gasteiger partial charge in [-0.1, -0.05) is 20.8 Å². The Hall–Kier alpha value is 0.270. The molecule has 1 fully saturated rings. The van der Waals surface area contributed by atoms with E-state index in [-0.39, 0.29) is 0 Å². The lowest BCUT2D eigenvalue weighted by atomic mass is 10.1. The fourth-order valence-corrected chi connectivity index (χ4v) is 2.65. The van der Waals surface area contributed by atoms with Crippen LogP contribution in [0.2, 0.25) is 0 Å². The highest BCUT2D eigenvalue weighted by Gasteiger charge is 2.19. The van der Waals surface area contributed by atoms with Gasteiger partial charge in [-0.3, -0.25) is 4.90 Å². The molecule has 0 aromatic carbocycles. The number of hydrogen-bond donors (Lipinski definition) is 1. The first-order valence-corrected chi connectivity index (χ1v) is 6.24. The van der Waals surface area contributed by atoms with Gasteiger partial charge in [-0.2, -0.15) is 11.8 Å². The van der Waals surface area contributed by atoms with Crippen LogP contribution >= 0.6 is 11.8 Å². The van der Waals surface area contributed by atoms with Crippen molar-refractivity contribution in [3.05, 3.63) is 0 Å². The highest BCUT2D eigenvalue weighted by molar-refractivity contribution is 7.99. The molecule has 1 aliphatic rings. The fraction of sp³-hybridized carbons (Fsp3) is 1.00. The number of nitrogens with zero attached hydrogens (tertiary/aromatic N) is 1. The van der Waals surface area contributed by atoms with E-state index in [0.29, 0.717) is 12.0 Å². The molecular formula is C10H22N2S. The summed E-state index contributed by atoms with van der Waals surface area (Å²) in [6.45, 7) is 10.2. The fourth-order valence-electron chi connectivity index (χ4n) is 1.57. The molecule has 2 N–H and O–H groups in total. The highest BCUT2D eigenvalue weighted by atomic mass is 32.2. The number of thioether (sulfide) groups is 1. The average molecular weight is 202 g/mol. The second-order valence-electron chi connectivity index (χ2n) is 4.35. The molecule has 0 radical (unpaired) electrons. The minimum absolute atomic E-state index is 0.343. The predicted molar refractivity (Wildman–Crippen MR) is 61.2 cm³/mol. The molecule has 1 rings (SSSR count). The molecule has 0 saturated carbocycles. The number of hydrogen-bond acceptors (Lipinski definition) is 3. The van der Waals surface area contributed by atoms with Crippen molar-refractivity contribution >= 4 is 11.8 Å². The molecule has 2 atom stereocenters. The minimum Gasteiger partial charge on any atom is -0.326 e. The molecule has 13 heavy (non-hydrogen) atoms. The SMILES string of the molecule is CC1CN(C[C@@H](N)C(C)C)CCS1. The maximum atomic E-state index is 6.04. The zero-order chi connectivity index (χ0) is 9.84. The van der Waals surface area contributed by atoms with E-state index in [1.165, 1.54) is 18.8 Å². The van der Waals surface area contributed by atoms with Gasteiger partial charge in [-0.25, -0.2) is 0 Å². The minimum atomic E-state index is 0.343. The third-order valence-corrected chi connectivity index (χ3v) is 3.79. The molecule has 0 spiro atoms. The Bertz CT molecular complexity index is 150. The first kappa shape index (κ1) is 11.3. The molecule has 2 nitrogen and oxygen atoms in total. The standard InChI is InChI=1S/C10H22N2S/c1-8(2)10(11)7-12-4-5-13-9(3)6-12/h8-10H,4-7,11H2,1-3H3/t9?,10-/m1/s1. The molecule has 0 aliphatic carbocycles. The Labute approximate surface area is 86.2 Å². The molecule has 1 saturated heterocycles. The van der Waals surface area contributed by atoms with Crippen LogP contribution in [0, 0.1) is 5.92 Å². The van der Waals surface area contributed by atoms with Crippen LogP contribution in [-0.4, -0.2) is 41.6 Å². The van der Waals surface area contributed by atoms with Crippen LogP contribution < -0.4 is 5.73 Å². The molecule has 0 aromatic heterocycles. The van der Waals surface area contributed by atoms with Gasteiger partial charge in [0.25, 0.3) is 0 Å². The maximum Gasteiger partial charge on any atom is 0.0191 e. The molecule has 1 heterocycles. The Morgan fingerprint density at radius 3 is 2.77 bits per heavy atom. The molecule has 1 unspecified atom stereocenters. The normalized spacial score (nSPS) is 27.9. The van der Waals surface area contributed by atoms with Crippen molar-refractivity contribution in [3.63, 3.8) is 0 Å². The third kappa shape index (κ3) is 3.88. The van der Waals surface area contributed by atoms with E-state index < -0.39 is 0 Å². The lowest BCUT2D eigenvalue weighted by Gasteiger charge is -2.33. The molecular weight excluding hydrogens is 180 g/mol. The largest absolute Gasteiger partial charge is 0.326 e. The number of rotatable bonds is 3. The predicted octanol–water partition coefficient (Wildman–Crippen LogP) is 1.41. The zero-order valence-corrected chi connectivity index (χ0v) is 9.81. The molecule has 3 heteroatoms. The summed E-state index contributed by atoms with van der Waals surface area (Å²) in [5.41, 5.74) is 6.04. The average Bonchev–Trinajstić information content (AvgIpc) is 2.04. The van der Waals surface area contributed by atoms with Crippen LogP contribution in [0.15, 0.2) is 0 Å². The van der Waals surface area contributed by atoms with E-state index in [4.69, 9.17) is 5.73 Å². The lowest BCUT2D eigenvalue weighted by Crippen LogP contribution is -2.45. The van der Waals surface area contributed by atoms with Gasteiger partial charge in [0.05, 0.1) is 0 Å². The zero-order valence-electron chi connectivity index (χ0n) is 8.99. The first-order valence-electron chi connectivity index (χ1n) is 5.19. The van der Waals surface area contributed by atoms with Gasteiger partial charge in [0, 0.05) is 36.7 Å². The summed E-state index contributed by atoms with van der Waals surface area (Å²) in [4.78, 5) is 2.51. The molecule has 78 valence electrons. The van der Waals surface area contributed by atoms with E-state index in [2.05, 4.69) is 37.4 Å². The van der Waals surface area contributed by atoms with Gasteiger partial charge in [-0.05, 0) is 5.92 Å². The quantitative estimate of drug-likeness (QED) is 0.750. The van der Waals surface area contributed by atoms with Crippen molar-refractivity contribution in [2.24, 2.45) is 11.7 Å². The molecule has 0 aromatic rings. The van der Waals surface area contributed by atoms with Crippen molar-refractivity contribution in [1.82, 2.24) is 4.90 Å². The topological polar surface area (TPSA) is 29.3 Å². The smallest absolute Gasteiger partial charge is 0.0191 e. The summed E-state index contributed by atoms with van der Waals surface area (Å²) >= 11 is 2.07. The van der Waals surface area contributed by atoms with Crippen molar-refractivity contribution in [3.8, 4) is 0 Å². The Morgan fingerprint density at radius 2 is 2.23 bits per heavy atom. The lowest BCUT2D eigenvalue weighted by molar-refractivity contribution is 0.247. The van der Waals surface area contributed by atoms with Crippen molar-refractivity contribution in [1.29, 1.82) is 0 Å². The van der Waals surface area contributed by atoms with Gasteiger partial charge in [0.1, 0.15) is 0 Å². The molecule has 0 bridgehead atoms. The van der Waals surface area contributed by atoms with Crippen LogP contribution in [0.3, 0.4) is 0 Å². The Kier molecular flexibility index (Phi) is 4.56.